The molecule has 0 amide bonds. The molecule has 0 radical (unpaired) electrons. The Kier molecular flexibility index (Phi) is 9.93. The van der Waals surface area contributed by atoms with Crippen LogP contribution in [0.15, 0.2) is 122 Å². The zero-order valence-electron chi connectivity index (χ0n) is 25.0. The molecule has 236 valence electrons. The zero-order chi connectivity index (χ0) is 32.6. The molecule has 0 aliphatic heterocycles. The summed E-state index contributed by atoms with van der Waals surface area (Å²) in [5.41, 5.74) is 2.04. The van der Waals surface area contributed by atoms with Crippen LogP contribution in [-0.4, -0.2) is 59.5 Å². The summed E-state index contributed by atoms with van der Waals surface area (Å²) in [4.78, 5) is 17.3. The highest BCUT2D eigenvalue weighted by atomic mass is 79.9. The number of aromatic nitrogens is 6. The molecule has 1 N–H and O–H groups in total. The van der Waals surface area contributed by atoms with Crippen LogP contribution in [0.4, 0.5) is 8.78 Å². The number of fused-ring (bicyclic) bond motifs is 4. The number of alkyl halides is 3. The van der Waals surface area contributed by atoms with E-state index in [0.717, 1.165) is 55.0 Å². The molecule has 8 rings (SSSR count). The molecule has 6 heterocycles. The third-order valence-corrected chi connectivity index (χ3v) is 7.57. The van der Waals surface area contributed by atoms with Crippen LogP contribution in [0.5, 0.6) is 11.5 Å². The van der Waals surface area contributed by atoms with Crippen LogP contribution in [0.3, 0.4) is 0 Å². The maximum atomic E-state index is 12.2. The van der Waals surface area contributed by atoms with Gasteiger partial charge in [0.2, 0.25) is 0 Å². The first-order valence-electron chi connectivity index (χ1n) is 14.7. The normalized spacial score (nSPS) is 10.9. The number of hydrogen-bond donors (Lipinski definition) is 1. The number of halogens is 3. The lowest BCUT2D eigenvalue weighted by molar-refractivity contribution is 0.273. The van der Waals surface area contributed by atoms with Crippen LogP contribution in [0, 0.1) is 0 Å². The zero-order valence-corrected chi connectivity index (χ0v) is 26.6. The SMILES string of the molecule is FCCBr.FCCOc1ccc2cc(-n3ccc4ccncc43)ncc2c1.Oc1ccc2cc(-n3ccc4ccncc43)ncc2c1. The van der Waals surface area contributed by atoms with E-state index in [4.69, 9.17) is 4.74 Å². The van der Waals surface area contributed by atoms with Gasteiger partial charge >= 0.3 is 0 Å². The summed E-state index contributed by atoms with van der Waals surface area (Å²) in [6.07, 6.45) is 14.8. The van der Waals surface area contributed by atoms with Crippen molar-refractivity contribution in [1.29, 1.82) is 0 Å². The quantitative estimate of drug-likeness (QED) is 0.175. The molecule has 2 aromatic carbocycles. The Morgan fingerprint density at radius 3 is 1.72 bits per heavy atom. The first-order chi connectivity index (χ1) is 23.1. The van der Waals surface area contributed by atoms with E-state index >= 15 is 0 Å². The molecule has 0 bridgehead atoms. The number of nitrogens with zero attached hydrogens (tertiary/aromatic N) is 6. The van der Waals surface area contributed by atoms with Crippen LogP contribution in [0.25, 0.3) is 55.0 Å². The van der Waals surface area contributed by atoms with Crippen molar-refractivity contribution in [3.63, 3.8) is 0 Å². The number of phenols is 1. The van der Waals surface area contributed by atoms with Gasteiger partial charge in [-0.25, -0.2) is 14.4 Å². The van der Waals surface area contributed by atoms with Crippen molar-refractivity contribution in [2.75, 3.05) is 25.3 Å². The number of rotatable bonds is 6. The minimum absolute atomic E-state index is 0.0688. The summed E-state index contributed by atoms with van der Waals surface area (Å²) in [5.74, 6) is 2.58. The van der Waals surface area contributed by atoms with Gasteiger partial charge in [0.25, 0.3) is 0 Å². The second-order valence-corrected chi connectivity index (χ2v) is 11.1. The van der Waals surface area contributed by atoms with E-state index < -0.39 is 6.67 Å². The Morgan fingerprint density at radius 2 is 1.17 bits per heavy atom. The first-order valence-corrected chi connectivity index (χ1v) is 15.8. The van der Waals surface area contributed by atoms with Gasteiger partial charge in [-0.3, -0.25) is 23.5 Å². The third kappa shape index (κ3) is 7.20. The van der Waals surface area contributed by atoms with Crippen LogP contribution >= 0.6 is 15.9 Å². The summed E-state index contributed by atoms with van der Waals surface area (Å²) < 4.78 is 32.2. The smallest absolute Gasteiger partial charge is 0.137 e. The number of pyridine rings is 4. The average molecular weight is 696 g/mol. The Balaban J connectivity index is 0.000000149. The van der Waals surface area contributed by atoms with Gasteiger partial charge in [-0.05, 0) is 71.4 Å². The fraction of sp³-hybridized carbons (Fsp3) is 0.111. The van der Waals surface area contributed by atoms with Crippen molar-refractivity contribution in [1.82, 2.24) is 29.1 Å². The molecule has 0 aliphatic carbocycles. The second-order valence-electron chi connectivity index (χ2n) is 10.3. The number of hydrogen-bond acceptors (Lipinski definition) is 6. The molecule has 0 atom stereocenters. The van der Waals surface area contributed by atoms with Crippen molar-refractivity contribution in [2.24, 2.45) is 0 Å². The van der Waals surface area contributed by atoms with Gasteiger partial charge in [0.1, 0.15) is 36.4 Å². The van der Waals surface area contributed by atoms with Crippen LogP contribution in [0.1, 0.15) is 0 Å². The largest absolute Gasteiger partial charge is 0.508 e. The standard InChI is InChI=1S/C18H14FN3O.C16H11N3O.C2H4BrF/c19-5-8-23-16-2-1-14-10-18(21-11-15(14)9-16)22-7-4-13-3-6-20-12-17(13)22;20-14-2-1-12-8-16(18-9-13(12)7-14)19-6-4-11-3-5-17-10-15(11)19;3-1-2-4/h1-4,6-7,9-12H,5,8H2;1-10,20H;1-2H2. The molecule has 0 saturated heterocycles. The maximum absolute atomic E-state index is 12.2. The highest BCUT2D eigenvalue weighted by molar-refractivity contribution is 9.09. The molecule has 6 aromatic heterocycles. The minimum Gasteiger partial charge on any atom is -0.508 e. The van der Waals surface area contributed by atoms with Gasteiger partial charge in [0, 0.05) is 64.1 Å². The van der Waals surface area contributed by atoms with E-state index in [1.165, 1.54) is 0 Å². The van der Waals surface area contributed by atoms with Crippen molar-refractivity contribution >= 4 is 59.3 Å². The molecule has 8 nitrogen and oxygen atoms in total. The summed E-state index contributed by atoms with van der Waals surface area (Å²) in [7, 11) is 0. The molecule has 0 aliphatic rings. The lowest BCUT2D eigenvalue weighted by Gasteiger charge is -2.08. The Morgan fingerprint density at radius 1 is 0.617 bits per heavy atom. The summed E-state index contributed by atoms with van der Waals surface area (Å²) in [6, 6.07) is 23.0. The van der Waals surface area contributed by atoms with Crippen molar-refractivity contribution in [3.8, 4) is 23.1 Å². The van der Waals surface area contributed by atoms with Crippen LogP contribution < -0.4 is 4.74 Å². The lowest BCUT2D eigenvalue weighted by Crippen LogP contribution is -1.99. The van der Waals surface area contributed by atoms with Gasteiger partial charge < -0.3 is 9.84 Å². The van der Waals surface area contributed by atoms with E-state index in [9.17, 15) is 13.9 Å². The summed E-state index contributed by atoms with van der Waals surface area (Å²) >= 11 is 2.87. The molecular weight excluding hydrogens is 666 g/mol. The highest BCUT2D eigenvalue weighted by Gasteiger charge is 2.07. The van der Waals surface area contributed by atoms with E-state index in [1.54, 1.807) is 36.9 Å². The molecule has 47 heavy (non-hydrogen) atoms. The number of ether oxygens (including phenoxy) is 1. The average Bonchev–Trinajstić information content (AvgIpc) is 3.76. The third-order valence-electron chi connectivity index (χ3n) is 7.27. The monoisotopic (exact) mass is 694 g/mol. The highest BCUT2D eigenvalue weighted by Crippen LogP contribution is 2.25. The molecule has 8 aromatic rings. The fourth-order valence-electron chi connectivity index (χ4n) is 5.08. The van der Waals surface area contributed by atoms with Gasteiger partial charge in [-0.2, -0.15) is 0 Å². The molecule has 0 spiro atoms. The summed E-state index contributed by atoms with van der Waals surface area (Å²) in [6.45, 7) is -0.691. The Bertz CT molecular complexity index is 2270. The van der Waals surface area contributed by atoms with E-state index in [1.807, 2.05) is 94.6 Å². The van der Waals surface area contributed by atoms with E-state index in [2.05, 4.69) is 35.9 Å². The van der Waals surface area contributed by atoms with Crippen molar-refractivity contribution < 1.29 is 18.6 Å². The Labute approximate surface area is 277 Å². The predicted octanol–water partition coefficient (Wildman–Crippen LogP) is 8.55. The Hall–Kier alpha value is -5.42. The molecule has 0 unspecified atom stereocenters. The van der Waals surface area contributed by atoms with Crippen molar-refractivity contribution in [3.05, 3.63) is 122 Å². The van der Waals surface area contributed by atoms with Crippen molar-refractivity contribution in [2.45, 2.75) is 0 Å². The predicted molar refractivity (Wildman–Crippen MR) is 186 cm³/mol. The first kappa shape index (κ1) is 31.6. The molecule has 0 fully saturated rings. The number of aromatic hydroxyl groups is 1. The van der Waals surface area contributed by atoms with Gasteiger partial charge in [0.15, 0.2) is 0 Å². The maximum Gasteiger partial charge on any atom is 0.137 e. The van der Waals surface area contributed by atoms with Crippen LogP contribution in [0.2, 0.25) is 0 Å². The van der Waals surface area contributed by atoms with E-state index in [-0.39, 0.29) is 19.0 Å². The fourth-order valence-corrected chi connectivity index (χ4v) is 5.08. The van der Waals surface area contributed by atoms with E-state index in [0.29, 0.717) is 11.1 Å². The molecule has 11 heteroatoms. The van der Waals surface area contributed by atoms with Crippen LogP contribution in [-0.2, 0) is 0 Å². The summed E-state index contributed by atoms with van der Waals surface area (Å²) in [5, 5.41) is 16.2. The van der Waals surface area contributed by atoms with Gasteiger partial charge in [-0.1, -0.05) is 28.1 Å². The lowest BCUT2D eigenvalue weighted by atomic mass is 10.1. The van der Waals surface area contributed by atoms with Gasteiger partial charge in [0.05, 0.1) is 30.1 Å². The molecular formula is C36H29BrF2N6O2. The minimum atomic E-state index is -0.496. The molecule has 0 saturated carbocycles. The van der Waals surface area contributed by atoms with Gasteiger partial charge in [-0.15, -0.1) is 0 Å². The second kappa shape index (κ2) is 14.8. The number of benzene rings is 2. The topological polar surface area (TPSA) is 90.9 Å². The number of phenolic OH excluding ortho intramolecular Hbond substituents is 1.